The molecule has 0 unspecified atom stereocenters. The second-order valence-corrected chi connectivity index (χ2v) is 5.00. The fourth-order valence-corrected chi connectivity index (χ4v) is 2.45. The monoisotopic (exact) mass is 277 g/mol. The Kier molecular flexibility index (Phi) is 5.87. The number of esters is 1. The second kappa shape index (κ2) is 7.90. The van der Waals surface area contributed by atoms with Gasteiger partial charge in [-0.25, -0.2) is 4.79 Å². The molecule has 0 aliphatic carbocycles. The fourth-order valence-electron chi connectivity index (χ4n) is 2.45. The number of carbonyl (C=O) groups excluding carboxylic acids is 1. The Morgan fingerprint density at radius 1 is 1.35 bits per heavy atom. The number of ether oxygens (including phenoxy) is 2. The summed E-state index contributed by atoms with van der Waals surface area (Å²) in [5.74, 6) is 0.292. The molecule has 1 aliphatic rings. The van der Waals surface area contributed by atoms with Gasteiger partial charge in [-0.2, -0.15) is 0 Å². The smallest absolute Gasteiger partial charge is 0.341 e. The van der Waals surface area contributed by atoms with E-state index in [1.807, 2.05) is 18.2 Å². The van der Waals surface area contributed by atoms with Crippen molar-refractivity contribution < 1.29 is 14.3 Å². The molecule has 0 radical (unpaired) electrons. The molecule has 20 heavy (non-hydrogen) atoms. The Labute approximate surface area is 120 Å². The van der Waals surface area contributed by atoms with E-state index in [9.17, 15) is 4.79 Å². The van der Waals surface area contributed by atoms with Gasteiger partial charge in [0.2, 0.25) is 0 Å². The molecule has 1 atom stereocenters. The average Bonchev–Trinajstić information content (AvgIpc) is 2.49. The number of piperidine rings is 1. The van der Waals surface area contributed by atoms with Gasteiger partial charge in [0.1, 0.15) is 11.3 Å². The maximum atomic E-state index is 11.8. The number of hydrogen-bond donors (Lipinski definition) is 1. The standard InChI is InChI=1S/C16H23NO3/c1-2-19-16(18)14-8-3-4-9-15(14)20-12-10-13-7-5-6-11-17-13/h3-4,8-9,13,17H,2,5-7,10-12H2,1H3/t13-/m0/s1. The van der Waals surface area contributed by atoms with Gasteiger partial charge >= 0.3 is 5.97 Å². The van der Waals surface area contributed by atoms with Crippen LogP contribution in [0.4, 0.5) is 0 Å². The summed E-state index contributed by atoms with van der Waals surface area (Å²) in [5, 5.41) is 3.49. The molecule has 1 aromatic rings. The minimum atomic E-state index is -0.320. The van der Waals surface area contributed by atoms with Gasteiger partial charge in [0, 0.05) is 6.04 Å². The number of hydrogen-bond acceptors (Lipinski definition) is 4. The van der Waals surface area contributed by atoms with Gasteiger partial charge in [-0.15, -0.1) is 0 Å². The van der Waals surface area contributed by atoms with Gasteiger partial charge in [0.25, 0.3) is 0 Å². The van der Waals surface area contributed by atoms with Crippen LogP contribution in [-0.4, -0.2) is 31.8 Å². The lowest BCUT2D eigenvalue weighted by Gasteiger charge is -2.23. The van der Waals surface area contributed by atoms with E-state index in [1.165, 1.54) is 19.3 Å². The van der Waals surface area contributed by atoms with Crippen LogP contribution in [0.15, 0.2) is 24.3 Å². The van der Waals surface area contributed by atoms with Crippen LogP contribution in [-0.2, 0) is 4.74 Å². The van der Waals surface area contributed by atoms with Gasteiger partial charge in [0.05, 0.1) is 13.2 Å². The molecule has 2 rings (SSSR count). The molecule has 1 N–H and O–H groups in total. The van der Waals surface area contributed by atoms with Crippen LogP contribution in [0.25, 0.3) is 0 Å². The van der Waals surface area contributed by atoms with Crippen molar-refractivity contribution in [1.29, 1.82) is 0 Å². The topological polar surface area (TPSA) is 47.6 Å². The predicted octanol–water partition coefficient (Wildman–Crippen LogP) is 2.77. The molecule has 1 heterocycles. The Morgan fingerprint density at radius 2 is 2.20 bits per heavy atom. The van der Waals surface area contributed by atoms with Crippen LogP contribution in [0.3, 0.4) is 0 Å². The first-order valence-corrected chi connectivity index (χ1v) is 7.43. The summed E-state index contributed by atoms with van der Waals surface area (Å²) in [6.07, 6.45) is 4.74. The molecule has 4 heteroatoms. The molecule has 0 bridgehead atoms. The Bertz CT molecular complexity index is 427. The van der Waals surface area contributed by atoms with Crippen LogP contribution in [0.2, 0.25) is 0 Å². The predicted molar refractivity (Wildman–Crippen MR) is 78.2 cm³/mol. The summed E-state index contributed by atoms with van der Waals surface area (Å²) in [6.45, 7) is 3.90. The molecule has 0 amide bonds. The van der Waals surface area contributed by atoms with Crippen LogP contribution in [0, 0.1) is 0 Å². The van der Waals surface area contributed by atoms with Gasteiger partial charge in [-0.1, -0.05) is 18.6 Å². The van der Waals surface area contributed by atoms with Crippen molar-refractivity contribution in [3.63, 3.8) is 0 Å². The second-order valence-electron chi connectivity index (χ2n) is 5.00. The van der Waals surface area contributed by atoms with E-state index in [-0.39, 0.29) is 5.97 Å². The highest BCUT2D eigenvalue weighted by Gasteiger charge is 2.15. The first-order valence-electron chi connectivity index (χ1n) is 7.43. The summed E-state index contributed by atoms with van der Waals surface area (Å²) >= 11 is 0. The minimum absolute atomic E-state index is 0.320. The first kappa shape index (κ1) is 14.9. The lowest BCUT2D eigenvalue weighted by Crippen LogP contribution is -2.35. The SMILES string of the molecule is CCOC(=O)c1ccccc1OCC[C@@H]1CCCCN1. The van der Waals surface area contributed by atoms with Crippen LogP contribution in [0.5, 0.6) is 5.75 Å². The maximum Gasteiger partial charge on any atom is 0.341 e. The molecule has 1 saturated heterocycles. The van der Waals surface area contributed by atoms with Gasteiger partial charge < -0.3 is 14.8 Å². The van der Waals surface area contributed by atoms with Gasteiger partial charge in [-0.3, -0.25) is 0 Å². The number of para-hydroxylation sites is 1. The van der Waals surface area contributed by atoms with Crippen molar-refractivity contribution in [2.75, 3.05) is 19.8 Å². The number of benzene rings is 1. The molecule has 110 valence electrons. The van der Waals surface area contributed by atoms with E-state index in [4.69, 9.17) is 9.47 Å². The highest BCUT2D eigenvalue weighted by molar-refractivity contribution is 5.92. The van der Waals surface area contributed by atoms with E-state index in [1.54, 1.807) is 13.0 Å². The quantitative estimate of drug-likeness (QED) is 0.812. The lowest BCUT2D eigenvalue weighted by molar-refractivity contribution is 0.0521. The van der Waals surface area contributed by atoms with Crippen LogP contribution < -0.4 is 10.1 Å². The van der Waals surface area contributed by atoms with Crippen molar-refractivity contribution >= 4 is 5.97 Å². The molecule has 1 aliphatic heterocycles. The zero-order chi connectivity index (χ0) is 14.2. The minimum Gasteiger partial charge on any atom is -0.493 e. The average molecular weight is 277 g/mol. The molecule has 0 aromatic heterocycles. The van der Waals surface area contributed by atoms with Crippen molar-refractivity contribution in [2.24, 2.45) is 0 Å². The van der Waals surface area contributed by atoms with Crippen LogP contribution in [0.1, 0.15) is 43.0 Å². The largest absolute Gasteiger partial charge is 0.493 e. The first-order chi connectivity index (χ1) is 9.81. The summed E-state index contributed by atoms with van der Waals surface area (Å²) in [4.78, 5) is 11.8. The zero-order valence-electron chi connectivity index (χ0n) is 12.1. The molecule has 1 fully saturated rings. The molecule has 0 saturated carbocycles. The third-order valence-corrected chi connectivity index (χ3v) is 3.52. The van der Waals surface area contributed by atoms with E-state index < -0.39 is 0 Å². The zero-order valence-corrected chi connectivity index (χ0v) is 12.1. The summed E-state index contributed by atoms with van der Waals surface area (Å²) in [7, 11) is 0. The lowest BCUT2D eigenvalue weighted by atomic mass is 10.0. The van der Waals surface area contributed by atoms with Crippen LogP contribution >= 0.6 is 0 Å². The molecule has 0 spiro atoms. The molecular weight excluding hydrogens is 254 g/mol. The third kappa shape index (κ3) is 4.23. The third-order valence-electron chi connectivity index (χ3n) is 3.52. The number of carbonyl (C=O) groups is 1. The van der Waals surface area contributed by atoms with Crippen molar-refractivity contribution in [1.82, 2.24) is 5.32 Å². The number of rotatable bonds is 6. The summed E-state index contributed by atoms with van der Waals surface area (Å²) in [6, 6.07) is 7.80. The summed E-state index contributed by atoms with van der Waals surface area (Å²) in [5.41, 5.74) is 0.506. The van der Waals surface area contributed by atoms with Gasteiger partial charge in [0.15, 0.2) is 0 Å². The van der Waals surface area contributed by atoms with E-state index in [0.717, 1.165) is 13.0 Å². The molecule has 4 nitrogen and oxygen atoms in total. The Hall–Kier alpha value is -1.55. The normalized spacial score (nSPS) is 18.6. The Balaban J connectivity index is 1.86. The van der Waals surface area contributed by atoms with Crippen molar-refractivity contribution in [3.05, 3.63) is 29.8 Å². The maximum absolute atomic E-state index is 11.8. The summed E-state index contributed by atoms with van der Waals surface area (Å²) < 4.78 is 10.8. The molecule has 1 aromatic carbocycles. The van der Waals surface area contributed by atoms with E-state index >= 15 is 0 Å². The van der Waals surface area contributed by atoms with Crippen molar-refractivity contribution in [2.45, 2.75) is 38.6 Å². The number of nitrogens with one attached hydrogen (secondary N) is 1. The highest BCUT2D eigenvalue weighted by Crippen LogP contribution is 2.20. The van der Waals surface area contributed by atoms with Gasteiger partial charge in [-0.05, 0) is 44.9 Å². The fraction of sp³-hybridized carbons (Fsp3) is 0.562. The molecular formula is C16H23NO3. The van der Waals surface area contributed by atoms with E-state index in [0.29, 0.717) is 30.6 Å². The highest BCUT2D eigenvalue weighted by atomic mass is 16.5. The van der Waals surface area contributed by atoms with Crippen molar-refractivity contribution in [3.8, 4) is 5.75 Å². The van der Waals surface area contributed by atoms with E-state index in [2.05, 4.69) is 5.32 Å². The Morgan fingerprint density at radius 3 is 2.95 bits per heavy atom.